The zero-order valence-corrected chi connectivity index (χ0v) is 19.7. The summed E-state index contributed by atoms with van der Waals surface area (Å²) < 4.78 is 37.4. The first-order chi connectivity index (χ1) is 17.2. The minimum atomic E-state index is -0.983. The largest absolute Gasteiger partial charge is 0.503 e. The van der Waals surface area contributed by atoms with E-state index in [1.165, 1.54) is 40.8 Å². The van der Waals surface area contributed by atoms with Gasteiger partial charge < -0.3 is 20.7 Å². The summed E-state index contributed by atoms with van der Waals surface area (Å²) in [5.41, 5.74) is 5.51. The average molecular weight is 496 g/mol. The summed E-state index contributed by atoms with van der Waals surface area (Å²) >= 11 is 0. The topological polar surface area (TPSA) is 133 Å². The zero-order valence-electron chi connectivity index (χ0n) is 19.7. The van der Waals surface area contributed by atoms with Crippen molar-refractivity contribution in [3.05, 3.63) is 59.1 Å². The van der Waals surface area contributed by atoms with E-state index in [0.29, 0.717) is 12.1 Å². The summed E-state index contributed by atoms with van der Waals surface area (Å²) in [6.45, 7) is 3.72. The van der Waals surface area contributed by atoms with E-state index >= 15 is 0 Å². The lowest BCUT2D eigenvalue weighted by molar-refractivity contribution is -0.123. The molecule has 1 fully saturated rings. The van der Waals surface area contributed by atoms with Crippen LogP contribution in [0.25, 0.3) is 11.0 Å². The third-order valence-corrected chi connectivity index (χ3v) is 5.72. The lowest BCUT2D eigenvalue weighted by atomic mass is 10.1. The maximum atomic E-state index is 14.9. The second-order valence-electron chi connectivity index (χ2n) is 7.86. The van der Waals surface area contributed by atoms with Crippen LogP contribution in [0.1, 0.15) is 34.1 Å². The smallest absolute Gasteiger partial charge is 0.255 e. The van der Waals surface area contributed by atoms with E-state index in [9.17, 15) is 18.4 Å². The van der Waals surface area contributed by atoms with Gasteiger partial charge >= 0.3 is 0 Å². The Labute approximate surface area is 204 Å². The quantitative estimate of drug-likeness (QED) is 0.310. The number of methoxy groups -OCH3 is 1. The molecule has 0 unspecified atom stereocenters. The van der Waals surface area contributed by atoms with Gasteiger partial charge in [-0.05, 0) is 12.0 Å². The number of primary amides is 1. The molecule has 2 aromatic heterocycles. The van der Waals surface area contributed by atoms with Crippen LogP contribution in [0.15, 0.2) is 30.7 Å². The molecule has 186 valence electrons. The molecule has 3 heterocycles. The van der Waals surface area contributed by atoms with Gasteiger partial charge in [-0.25, -0.2) is 18.1 Å². The summed E-state index contributed by atoms with van der Waals surface area (Å²) in [4.78, 5) is 26.1. The van der Waals surface area contributed by atoms with Gasteiger partial charge in [0.05, 0.1) is 29.9 Å². The Morgan fingerprint density at radius 1 is 1.36 bits per heavy atom. The number of nitrogens with zero attached hydrogens (tertiary/aromatic N) is 6. The molecule has 1 aromatic carbocycles. The number of nitrogens with one attached hydrogen (secondary N) is 1. The molecule has 13 heteroatoms. The van der Waals surface area contributed by atoms with Crippen LogP contribution >= 0.6 is 0 Å². The van der Waals surface area contributed by atoms with E-state index in [1.807, 2.05) is 0 Å². The summed E-state index contributed by atoms with van der Waals surface area (Å²) in [6.07, 6.45) is 2.95. The number of carbonyl (C=O) groups is 2. The molecule has 0 saturated carbocycles. The summed E-state index contributed by atoms with van der Waals surface area (Å²) in [7, 11) is 4.52. The Kier molecular flexibility index (Phi) is 6.43. The SMILES string of the molecule is C=CC(=O)N1C[C@@H](n2nc(C#Cc3c(F)cc4c(nnn4C)c3F)c(C(N)=O)c2NC)C/C1=C\OC. The van der Waals surface area contributed by atoms with Crippen molar-refractivity contribution in [1.82, 2.24) is 29.7 Å². The Morgan fingerprint density at radius 2 is 2.11 bits per heavy atom. The van der Waals surface area contributed by atoms with E-state index < -0.39 is 29.1 Å². The molecule has 3 aromatic rings. The molecule has 0 radical (unpaired) electrons. The Balaban J connectivity index is 1.81. The summed E-state index contributed by atoms with van der Waals surface area (Å²) in [5.74, 6) is 2.15. The molecular formula is C23H22F2N8O3. The molecule has 2 amide bonds. The van der Waals surface area contributed by atoms with Crippen molar-refractivity contribution >= 4 is 28.7 Å². The van der Waals surface area contributed by atoms with Crippen LogP contribution in [0.2, 0.25) is 0 Å². The lowest BCUT2D eigenvalue weighted by Crippen LogP contribution is -2.27. The number of hydrogen-bond acceptors (Lipinski definition) is 7. The van der Waals surface area contributed by atoms with Crippen LogP contribution in [0.5, 0.6) is 0 Å². The molecule has 0 bridgehead atoms. The number of fused-ring (bicyclic) bond motifs is 1. The van der Waals surface area contributed by atoms with Crippen LogP contribution in [0.3, 0.4) is 0 Å². The fourth-order valence-electron chi connectivity index (χ4n) is 4.09. The first-order valence-electron chi connectivity index (χ1n) is 10.7. The number of rotatable bonds is 5. The van der Waals surface area contributed by atoms with Crippen molar-refractivity contribution in [2.45, 2.75) is 12.5 Å². The number of nitrogens with two attached hydrogens (primary N) is 1. The number of anilines is 1. The normalized spacial score (nSPS) is 16.2. The highest BCUT2D eigenvalue weighted by Crippen LogP contribution is 2.34. The minimum absolute atomic E-state index is 0.0582. The van der Waals surface area contributed by atoms with Crippen molar-refractivity contribution < 1.29 is 23.1 Å². The number of carbonyl (C=O) groups excluding carboxylic acids is 2. The summed E-state index contributed by atoms with van der Waals surface area (Å²) in [5, 5.41) is 14.7. The highest BCUT2D eigenvalue weighted by atomic mass is 19.1. The number of amides is 2. The maximum absolute atomic E-state index is 14.9. The highest BCUT2D eigenvalue weighted by molar-refractivity contribution is 6.00. The highest BCUT2D eigenvalue weighted by Gasteiger charge is 2.35. The fourth-order valence-corrected chi connectivity index (χ4v) is 4.09. The van der Waals surface area contributed by atoms with Crippen molar-refractivity contribution in [3.8, 4) is 11.8 Å². The van der Waals surface area contributed by atoms with Crippen molar-refractivity contribution in [2.75, 3.05) is 26.0 Å². The predicted octanol–water partition coefficient (Wildman–Crippen LogP) is 1.43. The Bertz CT molecular complexity index is 1490. The number of aryl methyl sites for hydroxylation is 1. The number of aromatic nitrogens is 5. The van der Waals surface area contributed by atoms with Crippen LogP contribution in [0, 0.1) is 23.5 Å². The molecule has 3 N–H and O–H groups in total. The molecule has 1 atom stereocenters. The van der Waals surface area contributed by atoms with Gasteiger partial charge in [-0.15, -0.1) is 5.10 Å². The first-order valence-corrected chi connectivity index (χ1v) is 10.7. The summed E-state index contributed by atoms with van der Waals surface area (Å²) in [6, 6.07) is 0.651. The number of likely N-dealkylation sites (tertiary alicyclic amines) is 1. The number of benzene rings is 1. The van der Waals surface area contributed by atoms with Gasteiger partial charge in [0.1, 0.15) is 29.0 Å². The average Bonchev–Trinajstić information content (AvgIpc) is 3.54. The van der Waals surface area contributed by atoms with Crippen LogP contribution < -0.4 is 11.1 Å². The molecule has 1 aliphatic heterocycles. The predicted molar refractivity (Wildman–Crippen MR) is 125 cm³/mol. The van der Waals surface area contributed by atoms with Crippen LogP contribution in [0.4, 0.5) is 14.6 Å². The second kappa shape index (κ2) is 9.49. The number of halogens is 2. The third-order valence-electron chi connectivity index (χ3n) is 5.72. The molecule has 36 heavy (non-hydrogen) atoms. The molecule has 0 spiro atoms. The fraction of sp³-hybridized carbons (Fsp3) is 0.261. The van der Waals surface area contributed by atoms with Gasteiger partial charge in [0.15, 0.2) is 11.5 Å². The van der Waals surface area contributed by atoms with E-state index in [2.05, 4.69) is 39.1 Å². The first kappa shape index (κ1) is 24.4. The lowest BCUT2D eigenvalue weighted by Gasteiger charge is -2.16. The van der Waals surface area contributed by atoms with Crippen LogP contribution in [-0.4, -0.2) is 62.2 Å². The van der Waals surface area contributed by atoms with Gasteiger partial charge in [0.25, 0.3) is 5.91 Å². The minimum Gasteiger partial charge on any atom is -0.503 e. The van der Waals surface area contributed by atoms with Gasteiger partial charge in [0, 0.05) is 33.1 Å². The molecule has 1 aliphatic rings. The number of hydrogen-bond donors (Lipinski definition) is 2. The monoisotopic (exact) mass is 496 g/mol. The van der Waals surface area contributed by atoms with Gasteiger partial charge in [-0.1, -0.05) is 17.7 Å². The van der Waals surface area contributed by atoms with Gasteiger partial charge in [0.2, 0.25) is 5.91 Å². The number of allylic oxidation sites excluding steroid dienone is 1. The van der Waals surface area contributed by atoms with Crippen molar-refractivity contribution in [3.63, 3.8) is 0 Å². The maximum Gasteiger partial charge on any atom is 0.255 e. The third kappa shape index (κ3) is 4.02. The zero-order chi connectivity index (χ0) is 26.1. The van der Waals surface area contributed by atoms with Crippen molar-refractivity contribution in [2.24, 2.45) is 12.8 Å². The molecule has 4 rings (SSSR count). The van der Waals surface area contributed by atoms with Gasteiger partial charge in [-0.2, -0.15) is 5.10 Å². The molecular weight excluding hydrogens is 474 g/mol. The Morgan fingerprint density at radius 3 is 2.75 bits per heavy atom. The van der Waals surface area contributed by atoms with E-state index in [4.69, 9.17) is 10.5 Å². The Hall–Kier alpha value is -4.73. The van der Waals surface area contributed by atoms with Crippen LogP contribution in [-0.2, 0) is 16.6 Å². The molecule has 0 aliphatic carbocycles. The van der Waals surface area contributed by atoms with Crippen molar-refractivity contribution in [1.29, 1.82) is 0 Å². The van der Waals surface area contributed by atoms with Gasteiger partial charge in [-0.3, -0.25) is 9.59 Å². The molecule has 1 saturated heterocycles. The van der Waals surface area contributed by atoms with E-state index in [0.717, 1.165) is 6.07 Å². The standard InChI is InChI=1S/C23H22F2N8O3/c1-5-18(34)32-10-12(8-13(32)11-36-4)33-23(27-2)19(22(26)35)16(29-33)7-6-14-15(24)9-17-21(20(14)25)28-30-31(17)3/h5,9,11-12,27H,1,8,10H2,2-4H3,(H2,26,35)/b13-11+/t12-/m0/s1. The van der Waals surface area contributed by atoms with E-state index in [1.54, 1.807) is 7.05 Å². The second-order valence-corrected chi connectivity index (χ2v) is 7.86. The van der Waals surface area contributed by atoms with E-state index in [-0.39, 0.29) is 40.6 Å². The number of ether oxygens (including phenoxy) is 1. The molecule has 11 nitrogen and oxygen atoms in total.